The number of anilines is 1. The molecule has 3 aromatic rings. The fourth-order valence-corrected chi connectivity index (χ4v) is 5.86. The number of nitrogens with zero attached hydrogens (tertiary/aromatic N) is 1. The van der Waals surface area contributed by atoms with Crippen LogP contribution in [-0.4, -0.2) is 12.0 Å². The van der Waals surface area contributed by atoms with Gasteiger partial charge in [0.15, 0.2) is 11.5 Å². The molecule has 5 rings (SSSR count). The molecule has 0 amide bonds. The summed E-state index contributed by atoms with van der Waals surface area (Å²) in [7, 11) is 1.60. The van der Waals surface area contributed by atoms with Crippen molar-refractivity contribution in [2.45, 2.75) is 25.0 Å². The van der Waals surface area contributed by atoms with E-state index >= 15 is 0 Å². The maximum atomic E-state index is 11.7. The van der Waals surface area contributed by atoms with Gasteiger partial charge in [0.05, 0.1) is 38.8 Å². The number of rotatable bonds is 6. The topological polar surface area (TPSA) is 73.6 Å². The predicted octanol–water partition coefficient (Wildman–Crippen LogP) is 8.08. The van der Waals surface area contributed by atoms with Crippen LogP contribution >= 0.6 is 39.1 Å². The van der Waals surface area contributed by atoms with E-state index in [0.29, 0.717) is 39.4 Å². The van der Waals surface area contributed by atoms with Gasteiger partial charge in [-0.1, -0.05) is 47.5 Å². The highest BCUT2D eigenvalue weighted by molar-refractivity contribution is 9.10. The zero-order chi connectivity index (χ0) is 24.7. The third kappa shape index (κ3) is 4.48. The van der Waals surface area contributed by atoms with Crippen molar-refractivity contribution in [1.29, 1.82) is 0 Å². The number of fused-ring (bicyclic) bond motifs is 3. The van der Waals surface area contributed by atoms with Crippen LogP contribution in [0.5, 0.6) is 11.5 Å². The molecule has 9 heteroatoms. The first-order valence-corrected chi connectivity index (χ1v) is 12.6. The van der Waals surface area contributed by atoms with Gasteiger partial charge in [0, 0.05) is 17.0 Å². The molecular formula is C26H21BrCl2N2O4. The van der Waals surface area contributed by atoms with E-state index in [1.807, 2.05) is 36.4 Å². The van der Waals surface area contributed by atoms with Gasteiger partial charge in [0.2, 0.25) is 0 Å². The zero-order valence-electron chi connectivity index (χ0n) is 18.6. The lowest BCUT2D eigenvalue weighted by molar-refractivity contribution is -0.385. The molecule has 35 heavy (non-hydrogen) atoms. The van der Waals surface area contributed by atoms with E-state index in [2.05, 4.69) is 33.4 Å². The third-order valence-electron chi connectivity index (χ3n) is 6.55. The van der Waals surface area contributed by atoms with Gasteiger partial charge in [-0.15, -0.1) is 0 Å². The van der Waals surface area contributed by atoms with E-state index in [-0.39, 0.29) is 28.5 Å². The van der Waals surface area contributed by atoms with Gasteiger partial charge in [-0.05, 0) is 69.7 Å². The summed E-state index contributed by atoms with van der Waals surface area (Å²) in [6, 6.07) is 14.4. The minimum absolute atomic E-state index is 0.0848. The number of benzene rings is 3. The second-order valence-corrected chi connectivity index (χ2v) is 10.2. The minimum Gasteiger partial charge on any atom is -0.493 e. The number of hydrogen-bond acceptors (Lipinski definition) is 5. The van der Waals surface area contributed by atoms with Crippen LogP contribution in [0.25, 0.3) is 0 Å². The molecule has 0 fully saturated rings. The Morgan fingerprint density at radius 2 is 1.94 bits per heavy atom. The molecule has 1 aliphatic carbocycles. The van der Waals surface area contributed by atoms with Crippen molar-refractivity contribution in [3.05, 3.63) is 102 Å². The van der Waals surface area contributed by atoms with Crippen LogP contribution in [0, 0.1) is 16.0 Å². The van der Waals surface area contributed by atoms with Crippen molar-refractivity contribution in [3.8, 4) is 11.5 Å². The normalized spacial score (nSPS) is 20.1. The van der Waals surface area contributed by atoms with Crippen molar-refractivity contribution in [2.24, 2.45) is 5.92 Å². The van der Waals surface area contributed by atoms with E-state index in [4.69, 9.17) is 32.7 Å². The number of allylic oxidation sites excluding steroid dienone is 2. The number of nitrogens with one attached hydrogen (secondary N) is 1. The summed E-state index contributed by atoms with van der Waals surface area (Å²) >= 11 is 16.1. The fraction of sp³-hybridized carbons (Fsp3) is 0.231. The lowest BCUT2D eigenvalue weighted by atomic mass is 9.76. The summed E-state index contributed by atoms with van der Waals surface area (Å²) in [5.74, 6) is 1.17. The van der Waals surface area contributed by atoms with Crippen LogP contribution in [0.3, 0.4) is 0 Å². The van der Waals surface area contributed by atoms with Gasteiger partial charge in [0.25, 0.3) is 5.69 Å². The summed E-state index contributed by atoms with van der Waals surface area (Å²) in [6.07, 6.45) is 4.93. The highest BCUT2D eigenvalue weighted by atomic mass is 79.9. The molecule has 0 radical (unpaired) electrons. The molecule has 1 heterocycles. The van der Waals surface area contributed by atoms with Crippen LogP contribution in [-0.2, 0) is 6.61 Å². The average molecular weight is 576 g/mol. The molecular weight excluding hydrogens is 555 g/mol. The van der Waals surface area contributed by atoms with E-state index in [0.717, 1.165) is 22.0 Å². The SMILES string of the molecule is COc1cc([C@@H]2Nc3c(Cl)ccc([N+](=O)[O-])c3[C@@H]3C=CC[C@@H]32)cc(Br)c1OCc1ccc(Cl)cc1. The number of nitro benzene ring substituents is 1. The number of hydrogen-bond donors (Lipinski definition) is 1. The van der Waals surface area contributed by atoms with Crippen LogP contribution < -0.4 is 14.8 Å². The molecule has 0 saturated heterocycles. The van der Waals surface area contributed by atoms with Crippen LogP contribution in [0.4, 0.5) is 11.4 Å². The molecule has 0 spiro atoms. The van der Waals surface area contributed by atoms with Gasteiger partial charge in [-0.25, -0.2) is 0 Å². The second-order valence-electron chi connectivity index (χ2n) is 8.54. The van der Waals surface area contributed by atoms with E-state index in [1.165, 1.54) is 6.07 Å². The highest BCUT2D eigenvalue weighted by Crippen LogP contribution is 2.55. The summed E-state index contributed by atoms with van der Waals surface area (Å²) in [6.45, 7) is 0.356. The molecule has 0 saturated carbocycles. The molecule has 0 aromatic heterocycles. The Morgan fingerprint density at radius 3 is 2.66 bits per heavy atom. The molecule has 6 nitrogen and oxygen atoms in total. The molecule has 2 aliphatic rings. The molecule has 0 unspecified atom stereocenters. The van der Waals surface area contributed by atoms with Crippen molar-refractivity contribution in [3.63, 3.8) is 0 Å². The number of nitro groups is 1. The molecule has 3 atom stereocenters. The van der Waals surface area contributed by atoms with Gasteiger partial charge >= 0.3 is 0 Å². The Morgan fingerprint density at radius 1 is 1.17 bits per heavy atom. The van der Waals surface area contributed by atoms with Gasteiger partial charge in [-0.3, -0.25) is 10.1 Å². The second kappa shape index (κ2) is 9.72. The lowest BCUT2D eigenvalue weighted by Gasteiger charge is -2.37. The Kier molecular flexibility index (Phi) is 6.66. The minimum atomic E-state index is -0.340. The summed E-state index contributed by atoms with van der Waals surface area (Å²) in [5.41, 5.74) is 3.29. The van der Waals surface area contributed by atoms with Gasteiger partial charge in [0.1, 0.15) is 6.61 Å². The Hall–Kier alpha value is -2.74. The van der Waals surface area contributed by atoms with Gasteiger partial charge < -0.3 is 14.8 Å². The first-order valence-electron chi connectivity index (χ1n) is 11.0. The quantitative estimate of drug-likeness (QED) is 0.183. The Bertz CT molecular complexity index is 1330. The van der Waals surface area contributed by atoms with Crippen LogP contribution in [0.15, 0.2) is 65.2 Å². The Labute approximate surface area is 221 Å². The molecule has 3 aromatic carbocycles. The molecule has 180 valence electrons. The van der Waals surface area contributed by atoms with Crippen molar-refractivity contribution < 1.29 is 14.4 Å². The first kappa shape index (κ1) is 24.0. The van der Waals surface area contributed by atoms with Crippen molar-refractivity contribution in [1.82, 2.24) is 0 Å². The van der Waals surface area contributed by atoms with E-state index < -0.39 is 0 Å². The number of halogens is 3. The van der Waals surface area contributed by atoms with E-state index in [1.54, 1.807) is 13.2 Å². The first-order chi connectivity index (χ1) is 16.9. The maximum Gasteiger partial charge on any atom is 0.275 e. The van der Waals surface area contributed by atoms with Crippen molar-refractivity contribution in [2.75, 3.05) is 12.4 Å². The molecule has 1 N–H and O–H groups in total. The monoisotopic (exact) mass is 574 g/mol. The number of methoxy groups -OCH3 is 1. The fourth-order valence-electron chi connectivity index (χ4n) is 4.94. The maximum absolute atomic E-state index is 11.7. The highest BCUT2D eigenvalue weighted by Gasteiger charge is 2.42. The van der Waals surface area contributed by atoms with Crippen LogP contribution in [0.1, 0.15) is 35.1 Å². The molecule has 1 aliphatic heterocycles. The standard InChI is InChI=1S/C26H21BrCl2N2O4/c1-34-22-12-15(11-19(27)26(22)35-13-14-5-7-16(28)8-6-14)24-18-4-2-3-17(18)23-21(31(32)33)10-9-20(29)25(23)30-24/h2-3,5-12,17-18,24,30H,4,13H2,1H3/t17-,18+,24+/m1/s1. The Balaban J connectivity index is 1.49. The van der Waals surface area contributed by atoms with E-state index in [9.17, 15) is 10.1 Å². The lowest BCUT2D eigenvalue weighted by Crippen LogP contribution is -2.30. The largest absolute Gasteiger partial charge is 0.493 e. The van der Waals surface area contributed by atoms with Crippen molar-refractivity contribution >= 4 is 50.5 Å². The summed E-state index contributed by atoms with van der Waals surface area (Å²) < 4.78 is 12.5. The van der Waals surface area contributed by atoms with Gasteiger partial charge in [-0.2, -0.15) is 0 Å². The predicted molar refractivity (Wildman–Crippen MR) is 141 cm³/mol. The summed E-state index contributed by atoms with van der Waals surface area (Å²) in [4.78, 5) is 11.4. The van der Waals surface area contributed by atoms with Crippen LogP contribution in [0.2, 0.25) is 10.0 Å². The average Bonchev–Trinajstić information content (AvgIpc) is 3.33. The smallest absolute Gasteiger partial charge is 0.275 e. The number of ether oxygens (including phenoxy) is 2. The third-order valence-corrected chi connectivity index (χ3v) is 7.71. The molecule has 0 bridgehead atoms. The summed E-state index contributed by atoms with van der Waals surface area (Å²) in [5, 5.41) is 16.4. The zero-order valence-corrected chi connectivity index (χ0v) is 21.7.